The summed E-state index contributed by atoms with van der Waals surface area (Å²) in [5, 5.41) is 3.20. The largest absolute Gasteiger partial charge is 0.353 e. The smallest absolute Gasteiger partial charge is 0.274 e. The third-order valence-corrected chi connectivity index (χ3v) is 4.12. The lowest BCUT2D eigenvalue weighted by atomic mass is 10.2. The second kappa shape index (κ2) is 7.27. The minimum absolute atomic E-state index is 0.262. The van der Waals surface area contributed by atoms with Crippen LogP contribution in [0, 0.1) is 0 Å². The minimum Gasteiger partial charge on any atom is -0.353 e. The van der Waals surface area contributed by atoms with Gasteiger partial charge in [-0.25, -0.2) is 9.97 Å². The summed E-state index contributed by atoms with van der Waals surface area (Å²) < 4.78 is 0. The first-order valence-electron chi connectivity index (χ1n) is 7.49. The van der Waals surface area contributed by atoms with Crippen LogP contribution >= 0.6 is 11.6 Å². The molecule has 1 N–H and O–H groups in total. The van der Waals surface area contributed by atoms with Gasteiger partial charge in [0.2, 0.25) is 6.41 Å². The number of halogens is 1. The number of aromatic nitrogens is 2. The maximum Gasteiger partial charge on any atom is 0.274 e. The van der Waals surface area contributed by atoms with Gasteiger partial charge in [0.1, 0.15) is 17.8 Å². The SMILES string of the molecule is O=CN1CCN(c2cc(C(=O)Nc3ccccc3Cl)ncn2)CC1. The molecule has 2 amide bonds. The first-order chi connectivity index (χ1) is 11.7. The molecule has 1 fully saturated rings. The van der Waals surface area contributed by atoms with Crippen LogP contribution in [0.15, 0.2) is 36.7 Å². The van der Waals surface area contributed by atoms with E-state index < -0.39 is 0 Å². The molecule has 124 valence electrons. The number of carbonyl (C=O) groups excluding carboxylic acids is 2. The highest BCUT2D eigenvalue weighted by atomic mass is 35.5. The Morgan fingerprint density at radius 3 is 2.62 bits per heavy atom. The van der Waals surface area contributed by atoms with Gasteiger partial charge in [0, 0.05) is 32.2 Å². The summed E-state index contributed by atoms with van der Waals surface area (Å²) in [7, 11) is 0. The van der Waals surface area contributed by atoms with Crippen LogP contribution in [0.2, 0.25) is 5.02 Å². The summed E-state index contributed by atoms with van der Waals surface area (Å²) in [5.74, 6) is 0.318. The first kappa shape index (κ1) is 16.2. The number of rotatable bonds is 4. The second-order valence-electron chi connectivity index (χ2n) is 5.32. The molecule has 0 bridgehead atoms. The fourth-order valence-corrected chi connectivity index (χ4v) is 2.63. The number of piperazine rings is 1. The molecule has 0 radical (unpaired) electrons. The number of para-hydroxylation sites is 1. The number of anilines is 2. The van der Waals surface area contributed by atoms with Crippen LogP contribution in [0.25, 0.3) is 0 Å². The van der Waals surface area contributed by atoms with Gasteiger partial charge in [-0.3, -0.25) is 9.59 Å². The van der Waals surface area contributed by atoms with Crippen molar-refractivity contribution < 1.29 is 9.59 Å². The van der Waals surface area contributed by atoms with Gasteiger partial charge in [-0.15, -0.1) is 0 Å². The Morgan fingerprint density at radius 1 is 1.17 bits per heavy atom. The highest BCUT2D eigenvalue weighted by Crippen LogP contribution is 2.21. The number of benzene rings is 1. The van der Waals surface area contributed by atoms with Gasteiger partial charge in [-0.1, -0.05) is 23.7 Å². The molecular weight excluding hydrogens is 330 g/mol. The van der Waals surface area contributed by atoms with Gasteiger partial charge in [0.05, 0.1) is 10.7 Å². The van der Waals surface area contributed by atoms with E-state index in [0.29, 0.717) is 42.7 Å². The molecule has 3 rings (SSSR count). The summed E-state index contributed by atoms with van der Waals surface area (Å²) in [6.07, 6.45) is 2.21. The molecular formula is C16H16ClN5O2. The molecule has 1 aromatic heterocycles. The van der Waals surface area contributed by atoms with E-state index in [2.05, 4.69) is 15.3 Å². The van der Waals surface area contributed by atoms with Gasteiger partial charge >= 0.3 is 0 Å². The maximum atomic E-state index is 12.4. The minimum atomic E-state index is -0.349. The molecule has 7 nitrogen and oxygen atoms in total. The Labute approximate surface area is 144 Å². The van der Waals surface area contributed by atoms with E-state index in [0.717, 1.165) is 6.41 Å². The predicted octanol–water partition coefficient (Wildman–Crippen LogP) is 1.66. The van der Waals surface area contributed by atoms with E-state index in [-0.39, 0.29) is 11.6 Å². The fourth-order valence-electron chi connectivity index (χ4n) is 2.45. The van der Waals surface area contributed by atoms with Crippen LogP contribution in [0.3, 0.4) is 0 Å². The Bertz CT molecular complexity index is 747. The van der Waals surface area contributed by atoms with Crippen molar-refractivity contribution in [2.24, 2.45) is 0 Å². The van der Waals surface area contributed by atoms with Crippen molar-refractivity contribution in [2.75, 3.05) is 36.4 Å². The Morgan fingerprint density at radius 2 is 1.92 bits per heavy atom. The molecule has 0 aliphatic carbocycles. The third-order valence-electron chi connectivity index (χ3n) is 3.79. The Hall–Kier alpha value is -2.67. The highest BCUT2D eigenvalue weighted by Gasteiger charge is 2.18. The van der Waals surface area contributed by atoms with Crippen molar-refractivity contribution >= 4 is 35.4 Å². The van der Waals surface area contributed by atoms with Crippen molar-refractivity contribution in [3.63, 3.8) is 0 Å². The predicted molar refractivity (Wildman–Crippen MR) is 91.3 cm³/mol. The second-order valence-corrected chi connectivity index (χ2v) is 5.73. The van der Waals surface area contributed by atoms with E-state index >= 15 is 0 Å². The van der Waals surface area contributed by atoms with Crippen molar-refractivity contribution in [1.82, 2.24) is 14.9 Å². The fraction of sp³-hybridized carbons (Fsp3) is 0.250. The van der Waals surface area contributed by atoms with Crippen molar-refractivity contribution in [3.05, 3.63) is 47.4 Å². The van der Waals surface area contributed by atoms with E-state index in [4.69, 9.17) is 11.6 Å². The molecule has 2 aromatic rings. The van der Waals surface area contributed by atoms with E-state index in [9.17, 15) is 9.59 Å². The molecule has 0 unspecified atom stereocenters. The standard InChI is InChI=1S/C16H16ClN5O2/c17-12-3-1-2-4-13(12)20-16(24)14-9-15(19-10-18-14)22-7-5-21(11-23)6-8-22/h1-4,9-11H,5-8H2,(H,20,24). The maximum absolute atomic E-state index is 12.4. The highest BCUT2D eigenvalue weighted by molar-refractivity contribution is 6.33. The van der Waals surface area contributed by atoms with Gasteiger partial charge in [0.15, 0.2) is 0 Å². The van der Waals surface area contributed by atoms with Crippen LogP contribution in [-0.4, -0.2) is 53.4 Å². The van der Waals surface area contributed by atoms with Crippen molar-refractivity contribution in [2.45, 2.75) is 0 Å². The zero-order valence-electron chi connectivity index (χ0n) is 12.9. The monoisotopic (exact) mass is 345 g/mol. The Balaban J connectivity index is 1.72. The number of amides is 2. The summed E-state index contributed by atoms with van der Waals surface area (Å²) in [5.41, 5.74) is 0.793. The normalized spacial score (nSPS) is 14.4. The summed E-state index contributed by atoms with van der Waals surface area (Å²) >= 11 is 6.05. The summed E-state index contributed by atoms with van der Waals surface area (Å²) in [4.78, 5) is 35.1. The summed E-state index contributed by atoms with van der Waals surface area (Å²) in [6.45, 7) is 2.60. The first-order valence-corrected chi connectivity index (χ1v) is 7.87. The number of nitrogens with one attached hydrogen (secondary N) is 1. The molecule has 0 spiro atoms. The zero-order chi connectivity index (χ0) is 16.9. The number of hydrogen-bond acceptors (Lipinski definition) is 5. The van der Waals surface area contributed by atoms with Gasteiger partial charge < -0.3 is 15.1 Å². The molecule has 0 saturated carbocycles. The zero-order valence-corrected chi connectivity index (χ0v) is 13.6. The molecule has 1 aromatic carbocycles. The average molecular weight is 346 g/mol. The molecule has 2 heterocycles. The lowest BCUT2D eigenvalue weighted by Gasteiger charge is -2.33. The van der Waals surface area contributed by atoms with Gasteiger partial charge in [0.25, 0.3) is 5.91 Å². The van der Waals surface area contributed by atoms with Gasteiger partial charge in [-0.2, -0.15) is 0 Å². The molecule has 0 atom stereocenters. The molecule has 24 heavy (non-hydrogen) atoms. The summed E-state index contributed by atoms with van der Waals surface area (Å²) in [6, 6.07) is 8.65. The van der Waals surface area contributed by atoms with Crippen LogP contribution < -0.4 is 10.2 Å². The Kier molecular flexibility index (Phi) is 4.90. The third kappa shape index (κ3) is 3.62. The molecule has 1 aliphatic heterocycles. The van der Waals surface area contributed by atoms with E-state index in [1.165, 1.54) is 6.33 Å². The molecule has 1 saturated heterocycles. The topological polar surface area (TPSA) is 78.4 Å². The lowest BCUT2D eigenvalue weighted by molar-refractivity contribution is -0.118. The van der Waals surface area contributed by atoms with Crippen LogP contribution in [0.4, 0.5) is 11.5 Å². The molecule has 8 heteroatoms. The lowest BCUT2D eigenvalue weighted by Crippen LogP contribution is -2.46. The van der Waals surface area contributed by atoms with Crippen LogP contribution in [0.5, 0.6) is 0 Å². The average Bonchev–Trinajstić information content (AvgIpc) is 2.64. The van der Waals surface area contributed by atoms with E-state index in [1.807, 2.05) is 4.90 Å². The number of hydrogen-bond donors (Lipinski definition) is 1. The quantitative estimate of drug-likeness (QED) is 0.853. The van der Waals surface area contributed by atoms with Crippen LogP contribution in [-0.2, 0) is 4.79 Å². The number of carbonyl (C=O) groups is 2. The van der Waals surface area contributed by atoms with Crippen molar-refractivity contribution in [3.8, 4) is 0 Å². The van der Waals surface area contributed by atoms with E-state index in [1.54, 1.807) is 35.2 Å². The number of nitrogens with zero attached hydrogens (tertiary/aromatic N) is 4. The van der Waals surface area contributed by atoms with Crippen molar-refractivity contribution in [1.29, 1.82) is 0 Å². The molecule has 1 aliphatic rings. The van der Waals surface area contributed by atoms with Gasteiger partial charge in [-0.05, 0) is 12.1 Å². The van der Waals surface area contributed by atoms with Crippen LogP contribution in [0.1, 0.15) is 10.5 Å².